The summed E-state index contributed by atoms with van der Waals surface area (Å²) in [4.78, 5) is 29.2. The van der Waals surface area contributed by atoms with E-state index >= 15 is 0 Å². The number of rotatable bonds is 10. The van der Waals surface area contributed by atoms with Crippen molar-refractivity contribution in [3.8, 4) is 0 Å². The molecule has 0 spiro atoms. The molecule has 37 heavy (non-hydrogen) atoms. The monoisotopic (exact) mass is 551 g/mol. The lowest BCUT2D eigenvalue weighted by Gasteiger charge is -2.36. The molecule has 0 radical (unpaired) electrons. The van der Waals surface area contributed by atoms with Crippen LogP contribution in [0.5, 0.6) is 0 Å². The van der Waals surface area contributed by atoms with Gasteiger partial charge in [0, 0.05) is 51.6 Å². The number of urea groups is 1. The van der Waals surface area contributed by atoms with Crippen LogP contribution >= 0.6 is 11.6 Å². The van der Waals surface area contributed by atoms with Gasteiger partial charge in [0.15, 0.2) is 0 Å². The first kappa shape index (κ1) is 28.7. The summed E-state index contributed by atoms with van der Waals surface area (Å²) in [5, 5.41) is 5.99. The number of benzene rings is 2. The van der Waals surface area contributed by atoms with Gasteiger partial charge in [0.2, 0.25) is 15.9 Å². The Kier molecular flexibility index (Phi) is 10.2. The summed E-state index contributed by atoms with van der Waals surface area (Å²) in [6.45, 7) is 5.98. The molecule has 0 aliphatic carbocycles. The molecule has 1 fully saturated rings. The van der Waals surface area contributed by atoms with E-state index in [1.165, 1.54) is 19.2 Å². The Morgan fingerprint density at radius 2 is 1.76 bits per heavy atom. The predicted octanol–water partition coefficient (Wildman–Crippen LogP) is 2.86. The van der Waals surface area contributed by atoms with Crippen molar-refractivity contribution in [1.29, 1.82) is 0 Å². The van der Waals surface area contributed by atoms with Crippen molar-refractivity contribution in [2.75, 3.05) is 63.2 Å². The molecule has 1 aliphatic rings. The number of sulfonamides is 1. The minimum atomic E-state index is -3.90. The van der Waals surface area contributed by atoms with Gasteiger partial charge in [-0.05, 0) is 44.2 Å². The van der Waals surface area contributed by atoms with Crippen molar-refractivity contribution in [2.24, 2.45) is 0 Å². The van der Waals surface area contributed by atoms with Gasteiger partial charge in [0.05, 0.1) is 28.8 Å². The fourth-order valence-corrected chi connectivity index (χ4v) is 5.45. The van der Waals surface area contributed by atoms with Gasteiger partial charge < -0.3 is 25.2 Å². The second-order valence-electron chi connectivity index (χ2n) is 8.94. The molecule has 0 bridgehead atoms. The van der Waals surface area contributed by atoms with E-state index in [2.05, 4.69) is 15.5 Å². The lowest BCUT2D eigenvalue weighted by Crippen LogP contribution is -2.52. The van der Waals surface area contributed by atoms with Crippen molar-refractivity contribution in [3.05, 3.63) is 53.6 Å². The van der Waals surface area contributed by atoms with Gasteiger partial charge in [-0.15, -0.1) is 0 Å². The number of piperazine rings is 1. The third-order valence-electron chi connectivity index (χ3n) is 5.81. The summed E-state index contributed by atoms with van der Waals surface area (Å²) >= 11 is 6.35. The molecule has 1 aliphatic heterocycles. The SMILES string of the molecule is COCCN(CC(=O)Nc1cc(N2CCN(C(=O)NC(C)C)CC2)ccc1Cl)S(=O)(=O)c1ccccc1. The molecule has 0 atom stereocenters. The number of hydrogen-bond acceptors (Lipinski definition) is 6. The van der Waals surface area contributed by atoms with Crippen LogP contribution in [0.25, 0.3) is 0 Å². The number of amides is 3. The maximum absolute atomic E-state index is 13.1. The van der Waals surface area contributed by atoms with Crippen LogP contribution in [-0.2, 0) is 19.6 Å². The zero-order chi connectivity index (χ0) is 27.0. The third-order valence-corrected chi connectivity index (χ3v) is 8.00. The second-order valence-corrected chi connectivity index (χ2v) is 11.3. The summed E-state index contributed by atoms with van der Waals surface area (Å²) in [6.07, 6.45) is 0. The number of nitrogens with zero attached hydrogens (tertiary/aromatic N) is 3. The number of anilines is 2. The Morgan fingerprint density at radius 1 is 1.08 bits per heavy atom. The highest BCUT2D eigenvalue weighted by molar-refractivity contribution is 7.89. The first-order chi connectivity index (χ1) is 17.6. The highest BCUT2D eigenvalue weighted by atomic mass is 35.5. The number of ether oxygens (including phenoxy) is 1. The van der Waals surface area contributed by atoms with Gasteiger partial charge in [-0.25, -0.2) is 13.2 Å². The van der Waals surface area contributed by atoms with E-state index in [-0.39, 0.29) is 30.1 Å². The van der Waals surface area contributed by atoms with Crippen molar-refractivity contribution in [1.82, 2.24) is 14.5 Å². The van der Waals surface area contributed by atoms with E-state index in [1.807, 2.05) is 19.9 Å². The summed E-state index contributed by atoms with van der Waals surface area (Å²) in [5.41, 5.74) is 1.23. The van der Waals surface area contributed by atoms with E-state index in [1.54, 1.807) is 35.2 Å². The molecular formula is C25H34ClN5O5S. The van der Waals surface area contributed by atoms with Crippen molar-refractivity contribution >= 4 is 44.9 Å². The standard InChI is InChI=1S/C25H34ClN5O5S/c1-19(2)27-25(33)30-13-11-29(12-14-30)20-9-10-22(26)23(17-20)28-24(32)18-31(15-16-36-3)37(34,35)21-7-5-4-6-8-21/h4-10,17,19H,11-16,18H2,1-3H3,(H,27,33)(H,28,32). The number of carbonyl (C=O) groups is 2. The van der Waals surface area contributed by atoms with Gasteiger partial charge in [0.25, 0.3) is 0 Å². The van der Waals surface area contributed by atoms with Gasteiger partial charge >= 0.3 is 6.03 Å². The number of carbonyl (C=O) groups excluding carboxylic acids is 2. The Bertz CT molecular complexity index is 1170. The van der Waals surface area contributed by atoms with Crippen LogP contribution in [0.15, 0.2) is 53.4 Å². The van der Waals surface area contributed by atoms with Crippen LogP contribution in [0.3, 0.4) is 0 Å². The minimum Gasteiger partial charge on any atom is -0.383 e. The Hall–Kier alpha value is -2.86. The summed E-state index contributed by atoms with van der Waals surface area (Å²) in [7, 11) is -2.43. The van der Waals surface area contributed by atoms with Crippen LogP contribution in [0.2, 0.25) is 5.02 Å². The van der Waals surface area contributed by atoms with E-state index in [9.17, 15) is 18.0 Å². The topological polar surface area (TPSA) is 111 Å². The van der Waals surface area contributed by atoms with Crippen LogP contribution < -0.4 is 15.5 Å². The van der Waals surface area contributed by atoms with E-state index in [0.29, 0.717) is 36.9 Å². The molecule has 3 amide bonds. The first-order valence-electron chi connectivity index (χ1n) is 12.1. The summed E-state index contributed by atoms with van der Waals surface area (Å²) < 4.78 is 32.4. The molecule has 0 aromatic heterocycles. The highest BCUT2D eigenvalue weighted by Crippen LogP contribution is 2.28. The Balaban J connectivity index is 1.68. The molecule has 12 heteroatoms. The Labute approximate surface area is 223 Å². The number of methoxy groups -OCH3 is 1. The normalized spacial score (nSPS) is 14.2. The molecular weight excluding hydrogens is 518 g/mol. The lowest BCUT2D eigenvalue weighted by molar-refractivity contribution is -0.116. The van der Waals surface area contributed by atoms with Crippen LogP contribution in [0.1, 0.15) is 13.8 Å². The van der Waals surface area contributed by atoms with Crippen molar-refractivity contribution < 1.29 is 22.7 Å². The molecule has 10 nitrogen and oxygen atoms in total. The van der Waals surface area contributed by atoms with Gasteiger partial charge in [0.1, 0.15) is 0 Å². The number of nitrogens with one attached hydrogen (secondary N) is 2. The fourth-order valence-electron chi connectivity index (χ4n) is 3.88. The third kappa shape index (κ3) is 7.81. The van der Waals surface area contributed by atoms with Gasteiger partial charge in [-0.1, -0.05) is 29.8 Å². The molecule has 1 heterocycles. The number of hydrogen-bond donors (Lipinski definition) is 2. The van der Waals surface area contributed by atoms with E-state index < -0.39 is 22.5 Å². The molecule has 2 aromatic rings. The average molecular weight is 552 g/mol. The van der Waals surface area contributed by atoms with Crippen LogP contribution in [0.4, 0.5) is 16.2 Å². The lowest BCUT2D eigenvalue weighted by atomic mass is 10.2. The molecule has 0 saturated carbocycles. The fraction of sp³-hybridized carbons (Fsp3) is 0.440. The van der Waals surface area contributed by atoms with Crippen LogP contribution in [-0.4, -0.2) is 88.6 Å². The molecule has 3 rings (SSSR count). The number of halogens is 1. The summed E-state index contributed by atoms with van der Waals surface area (Å²) in [6, 6.07) is 13.2. The zero-order valence-corrected chi connectivity index (χ0v) is 22.9. The van der Waals surface area contributed by atoms with Crippen molar-refractivity contribution in [3.63, 3.8) is 0 Å². The molecule has 2 aromatic carbocycles. The highest BCUT2D eigenvalue weighted by Gasteiger charge is 2.27. The van der Waals surface area contributed by atoms with E-state index in [4.69, 9.17) is 16.3 Å². The second kappa shape index (κ2) is 13.1. The Morgan fingerprint density at radius 3 is 2.38 bits per heavy atom. The average Bonchev–Trinajstić information content (AvgIpc) is 2.88. The van der Waals surface area contributed by atoms with E-state index in [0.717, 1.165) is 9.99 Å². The summed E-state index contributed by atoms with van der Waals surface area (Å²) in [5.74, 6) is -0.523. The predicted molar refractivity (Wildman–Crippen MR) is 145 cm³/mol. The molecule has 0 unspecified atom stereocenters. The molecule has 1 saturated heterocycles. The smallest absolute Gasteiger partial charge is 0.317 e. The van der Waals surface area contributed by atoms with Gasteiger partial charge in [-0.2, -0.15) is 4.31 Å². The van der Waals surface area contributed by atoms with Crippen LogP contribution in [0, 0.1) is 0 Å². The minimum absolute atomic E-state index is 0.0174. The first-order valence-corrected chi connectivity index (χ1v) is 13.9. The molecule has 202 valence electrons. The maximum Gasteiger partial charge on any atom is 0.317 e. The maximum atomic E-state index is 13.1. The zero-order valence-electron chi connectivity index (χ0n) is 21.3. The van der Waals surface area contributed by atoms with Gasteiger partial charge in [-0.3, -0.25) is 4.79 Å². The molecule has 2 N–H and O–H groups in total. The van der Waals surface area contributed by atoms with Crippen molar-refractivity contribution in [2.45, 2.75) is 24.8 Å². The quantitative estimate of drug-likeness (QED) is 0.470. The largest absolute Gasteiger partial charge is 0.383 e.